The van der Waals surface area contributed by atoms with Crippen LogP contribution in [0.25, 0.3) is 0 Å². The number of nitriles is 1. The summed E-state index contributed by atoms with van der Waals surface area (Å²) in [5, 5.41) is 13.3. The predicted molar refractivity (Wildman–Crippen MR) is 80.9 cm³/mol. The molecule has 2 saturated carbocycles. The summed E-state index contributed by atoms with van der Waals surface area (Å²) in [7, 11) is 1.68. The van der Waals surface area contributed by atoms with E-state index in [-0.39, 0.29) is 5.54 Å². The largest absolute Gasteiger partial charge is 0.497 e. The summed E-state index contributed by atoms with van der Waals surface area (Å²) < 4.78 is 5.25. The summed E-state index contributed by atoms with van der Waals surface area (Å²) in [5.74, 6) is 2.23. The zero-order valence-electron chi connectivity index (χ0n) is 11.8. The van der Waals surface area contributed by atoms with Gasteiger partial charge in [-0.2, -0.15) is 5.26 Å². The Morgan fingerprint density at radius 3 is 2.80 bits per heavy atom. The lowest BCUT2D eigenvalue weighted by atomic mass is 9.97. The lowest BCUT2D eigenvalue weighted by Gasteiger charge is -2.28. The highest BCUT2D eigenvalue weighted by atomic mass is 32.2. The summed E-state index contributed by atoms with van der Waals surface area (Å²) in [6.07, 6.45) is 4.82. The van der Waals surface area contributed by atoms with Gasteiger partial charge in [0.2, 0.25) is 0 Å². The predicted octanol–water partition coefficient (Wildman–Crippen LogP) is 3.21. The van der Waals surface area contributed by atoms with E-state index in [0.717, 1.165) is 11.5 Å². The second-order valence-electron chi connectivity index (χ2n) is 5.74. The van der Waals surface area contributed by atoms with Crippen molar-refractivity contribution in [1.82, 2.24) is 5.32 Å². The minimum atomic E-state index is -0.338. The average Bonchev–Trinajstić information content (AvgIpc) is 3.37. The zero-order chi connectivity index (χ0) is 14.0. The summed E-state index contributed by atoms with van der Waals surface area (Å²) in [6, 6.07) is 11.2. The highest BCUT2D eigenvalue weighted by Crippen LogP contribution is 2.43. The van der Waals surface area contributed by atoms with Crippen LogP contribution in [-0.2, 0) is 0 Å². The van der Waals surface area contributed by atoms with Crippen LogP contribution in [0, 0.1) is 17.2 Å². The second kappa shape index (κ2) is 5.67. The first-order valence-electron chi connectivity index (χ1n) is 7.21. The molecule has 0 saturated heterocycles. The molecule has 1 aromatic rings. The highest BCUT2D eigenvalue weighted by molar-refractivity contribution is 7.99. The minimum absolute atomic E-state index is 0.338. The summed E-state index contributed by atoms with van der Waals surface area (Å²) >= 11 is 1.75. The Kier molecular flexibility index (Phi) is 3.91. The Bertz CT molecular complexity index is 519. The van der Waals surface area contributed by atoms with Crippen molar-refractivity contribution < 1.29 is 4.74 Å². The molecule has 4 heteroatoms. The lowest BCUT2D eigenvalue weighted by Crippen LogP contribution is -2.49. The SMILES string of the molecule is COc1cccc(SCC(C#N)(NC2CC2)C2CC2)c1. The Hall–Kier alpha value is -1.18. The molecule has 1 aromatic carbocycles. The number of hydrogen-bond donors (Lipinski definition) is 1. The van der Waals surface area contributed by atoms with Crippen LogP contribution in [0.15, 0.2) is 29.2 Å². The van der Waals surface area contributed by atoms with Crippen LogP contribution in [-0.4, -0.2) is 24.4 Å². The maximum atomic E-state index is 9.69. The molecule has 3 nitrogen and oxygen atoms in total. The Labute approximate surface area is 124 Å². The smallest absolute Gasteiger partial charge is 0.119 e. The van der Waals surface area contributed by atoms with Crippen molar-refractivity contribution in [3.8, 4) is 11.8 Å². The molecular formula is C16H20N2OS. The van der Waals surface area contributed by atoms with Crippen molar-refractivity contribution in [1.29, 1.82) is 5.26 Å². The first-order chi connectivity index (χ1) is 9.75. The molecule has 0 bridgehead atoms. The molecule has 0 aromatic heterocycles. The maximum Gasteiger partial charge on any atom is 0.119 e. The lowest BCUT2D eigenvalue weighted by molar-refractivity contribution is 0.401. The summed E-state index contributed by atoms with van der Waals surface area (Å²) in [6.45, 7) is 0. The fraction of sp³-hybridized carbons (Fsp3) is 0.562. The molecule has 0 radical (unpaired) electrons. The van der Waals surface area contributed by atoms with Gasteiger partial charge >= 0.3 is 0 Å². The molecule has 3 rings (SSSR count). The van der Waals surface area contributed by atoms with Gasteiger partial charge in [0.05, 0.1) is 13.2 Å². The molecule has 0 aliphatic heterocycles. The monoisotopic (exact) mass is 288 g/mol. The normalized spacial score (nSPS) is 21.0. The second-order valence-corrected chi connectivity index (χ2v) is 6.79. The number of nitrogens with zero attached hydrogens (tertiary/aromatic N) is 1. The van der Waals surface area contributed by atoms with E-state index in [0.29, 0.717) is 12.0 Å². The highest BCUT2D eigenvalue weighted by Gasteiger charge is 2.48. The number of ether oxygens (including phenoxy) is 1. The van der Waals surface area contributed by atoms with Crippen LogP contribution in [0.5, 0.6) is 5.75 Å². The Morgan fingerprint density at radius 2 is 2.20 bits per heavy atom. The standard InChI is InChI=1S/C16H20N2OS/c1-19-14-3-2-4-15(9-14)20-11-16(10-17,12-5-6-12)18-13-7-8-13/h2-4,9,12-13,18H,5-8,11H2,1H3. The Morgan fingerprint density at radius 1 is 1.40 bits per heavy atom. The molecule has 0 spiro atoms. The minimum Gasteiger partial charge on any atom is -0.497 e. The van der Waals surface area contributed by atoms with Crippen LogP contribution in [0.4, 0.5) is 0 Å². The third-order valence-corrected chi connectivity index (χ3v) is 5.21. The summed E-state index contributed by atoms with van der Waals surface area (Å²) in [5.41, 5.74) is -0.338. The molecule has 2 aliphatic carbocycles. The topological polar surface area (TPSA) is 45.0 Å². The third kappa shape index (κ3) is 3.11. The van der Waals surface area contributed by atoms with Gasteiger partial charge in [-0.05, 0) is 49.8 Å². The molecule has 106 valence electrons. The van der Waals surface area contributed by atoms with E-state index in [9.17, 15) is 5.26 Å². The molecule has 2 aliphatic rings. The number of methoxy groups -OCH3 is 1. The number of hydrogen-bond acceptors (Lipinski definition) is 4. The van der Waals surface area contributed by atoms with E-state index >= 15 is 0 Å². The van der Waals surface area contributed by atoms with Gasteiger partial charge in [-0.1, -0.05) is 6.07 Å². The van der Waals surface area contributed by atoms with Crippen LogP contribution < -0.4 is 10.1 Å². The molecule has 1 unspecified atom stereocenters. The van der Waals surface area contributed by atoms with E-state index < -0.39 is 0 Å². The number of benzene rings is 1. The maximum absolute atomic E-state index is 9.69. The number of nitrogens with one attached hydrogen (secondary N) is 1. The van der Waals surface area contributed by atoms with E-state index in [2.05, 4.69) is 17.5 Å². The molecule has 0 amide bonds. The van der Waals surface area contributed by atoms with Crippen molar-refractivity contribution in [2.45, 2.75) is 42.2 Å². The van der Waals surface area contributed by atoms with Gasteiger partial charge in [-0.3, -0.25) is 5.32 Å². The van der Waals surface area contributed by atoms with Crippen molar-refractivity contribution in [2.75, 3.05) is 12.9 Å². The quantitative estimate of drug-likeness (QED) is 0.783. The van der Waals surface area contributed by atoms with Gasteiger partial charge < -0.3 is 4.74 Å². The van der Waals surface area contributed by atoms with Crippen LogP contribution >= 0.6 is 11.8 Å². The van der Waals surface area contributed by atoms with Crippen LogP contribution in [0.2, 0.25) is 0 Å². The van der Waals surface area contributed by atoms with Gasteiger partial charge in [-0.25, -0.2) is 0 Å². The van der Waals surface area contributed by atoms with Crippen molar-refractivity contribution in [3.05, 3.63) is 24.3 Å². The van der Waals surface area contributed by atoms with Gasteiger partial charge in [0, 0.05) is 16.7 Å². The van der Waals surface area contributed by atoms with Crippen LogP contribution in [0.3, 0.4) is 0 Å². The van der Waals surface area contributed by atoms with Gasteiger partial charge in [0.25, 0.3) is 0 Å². The number of rotatable bonds is 7. The van der Waals surface area contributed by atoms with Crippen molar-refractivity contribution in [2.24, 2.45) is 5.92 Å². The van der Waals surface area contributed by atoms with Crippen molar-refractivity contribution >= 4 is 11.8 Å². The van der Waals surface area contributed by atoms with Crippen LogP contribution in [0.1, 0.15) is 25.7 Å². The molecule has 1 N–H and O–H groups in total. The summed E-state index contributed by atoms with van der Waals surface area (Å²) in [4.78, 5) is 1.17. The van der Waals surface area contributed by atoms with Gasteiger partial charge in [0.15, 0.2) is 0 Å². The molecule has 1 atom stereocenters. The zero-order valence-corrected chi connectivity index (χ0v) is 12.6. The Balaban J connectivity index is 1.68. The van der Waals surface area contributed by atoms with E-state index in [4.69, 9.17) is 4.74 Å². The van der Waals surface area contributed by atoms with Gasteiger partial charge in [0.1, 0.15) is 11.3 Å². The molecular weight excluding hydrogens is 268 g/mol. The molecule has 20 heavy (non-hydrogen) atoms. The fourth-order valence-corrected chi connectivity index (χ4v) is 3.64. The number of thioether (sulfide) groups is 1. The van der Waals surface area contributed by atoms with E-state index in [1.807, 2.05) is 18.2 Å². The first kappa shape index (κ1) is 13.8. The van der Waals surface area contributed by atoms with E-state index in [1.54, 1.807) is 18.9 Å². The third-order valence-electron chi connectivity index (χ3n) is 4.02. The fourth-order valence-electron chi connectivity index (χ4n) is 2.49. The average molecular weight is 288 g/mol. The molecule has 2 fully saturated rings. The van der Waals surface area contributed by atoms with Crippen molar-refractivity contribution in [3.63, 3.8) is 0 Å². The first-order valence-corrected chi connectivity index (χ1v) is 8.20. The van der Waals surface area contributed by atoms with E-state index in [1.165, 1.54) is 30.6 Å². The van der Waals surface area contributed by atoms with Gasteiger partial charge in [-0.15, -0.1) is 11.8 Å². The molecule has 0 heterocycles.